The van der Waals surface area contributed by atoms with Crippen molar-refractivity contribution in [1.29, 1.82) is 0 Å². The molecular weight excluding hydrogens is 239 g/mol. The standard InChI is InChI=1S/C14H21BN2O2/c1-9-8-11(17-12(16-9)10-6-7-10)15-18-13(2,3)14(4,5)19-15/h8,10H,6-7H2,1-5H3. The molecule has 2 heterocycles. The molecule has 19 heavy (non-hydrogen) atoms. The van der Waals surface area contributed by atoms with Crippen LogP contribution in [0.1, 0.15) is 58.0 Å². The van der Waals surface area contributed by atoms with E-state index >= 15 is 0 Å². The van der Waals surface area contributed by atoms with Crippen LogP contribution in [0, 0.1) is 6.92 Å². The van der Waals surface area contributed by atoms with Gasteiger partial charge in [0.2, 0.25) is 0 Å². The quantitative estimate of drug-likeness (QED) is 0.762. The molecule has 3 rings (SSSR count). The molecule has 0 amide bonds. The van der Waals surface area contributed by atoms with E-state index in [9.17, 15) is 0 Å². The Kier molecular flexibility index (Phi) is 2.77. The van der Waals surface area contributed by atoms with Crippen LogP contribution >= 0.6 is 0 Å². The van der Waals surface area contributed by atoms with E-state index in [0.717, 1.165) is 17.1 Å². The third kappa shape index (κ3) is 2.30. The number of aryl methyl sites for hydroxylation is 1. The van der Waals surface area contributed by atoms with Gasteiger partial charge in [-0.15, -0.1) is 0 Å². The minimum absolute atomic E-state index is 0.323. The van der Waals surface area contributed by atoms with E-state index < -0.39 is 0 Å². The Hall–Kier alpha value is -0.935. The summed E-state index contributed by atoms with van der Waals surface area (Å²) in [5, 5.41) is 0. The molecule has 1 aromatic rings. The summed E-state index contributed by atoms with van der Waals surface area (Å²) in [5.74, 6) is 1.49. The predicted molar refractivity (Wildman–Crippen MR) is 74.5 cm³/mol. The molecule has 0 radical (unpaired) electrons. The molecule has 0 unspecified atom stereocenters. The van der Waals surface area contributed by atoms with Crippen molar-refractivity contribution < 1.29 is 9.31 Å². The van der Waals surface area contributed by atoms with Gasteiger partial charge in [-0.25, -0.2) is 9.97 Å². The van der Waals surface area contributed by atoms with Gasteiger partial charge in [-0.1, -0.05) is 0 Å². The van der Waals surface area contributed by atoms with Crippen LogP contribution in [0.4, 0.5) is 0 Å². The van der Waals surface area contributed by atoms with Gasteiger partial charge in [-0.3, -0.25) is 0 Å². The number of rotatable bonds is 2. The molecule has 1 aliphatic carbocycles. The van der Waals surface area contributed by atoms with Gasteiger partial charge in [0.15, 0.2) is 0 Å². The van der Waals surface area contributed by atoms with Crippen LogP contribution in [0.25, 0.3) is 0 Å². The minimum Gasteiger partial charge on any atom is -0.398 e. The first-order chi connectivity index (χ1) is 8.78. The average molecular weight is 260 g/mol. The highest BCUT2D eigenvalue weighted by molar-refractivity contribution is 6.61. The number of hydrogen-bond acceptors (Lipinski definition) is 4. The van der Waals surface area contributed by atoms with Gasteiger partial charge >= 0.3 is 7.12 Å². The highest BCUT2D eigenvalue weighted by atomic mass is 16.7. The Morgan fingerprint density at radius 1 is 1.11 bits per heavy atom. The lowest BCUT2D eigenvalue weighted by molar-refractivity contribution is 0.00578. The molecule has 1 aliphatic heterocycles. The second-order valence-corrected chi connectivity index (χ2v) is 6.65. The zero-order valence-corrected chi connectivity index (χ0v) is 12.4. The second-order valence-electron chi connectivity index (χ2n) is 6.65. The molecule has 2 aliphatic rings. The Bertz CT molecular complexity index is 496. The maximum Gasteiger partial charge on any atom is 0.514 e. The van der Waals surface area contributed by atoms with Gasteiger partial charge in [-0.05, 0) is 53.5 Å². The zero-order chi connectivity index (χ0) is 13.8. The fraction of sp³-hybridized carbons (Fsp3) is 0.714. The summed E-state index contributed by atoms with van der Waals surface area (Å²) in [6.07, 6.45) is 2.40. The lowest BCUT2D eigenvalue weighted by Gasteiger charge is -2.32. The van der Waals surface area contributed by atoms with E-state index in [2.05, 4.69) is 37.7 Å². The summed E-state index contributed by atoms with van der Waals surface area (Å²) in [6, 6.07) is 1.97. The summed E-state index contributed by atoms with van der Waals surface area (Å²) < 4.78 is 12.1. The fourth-order valence-corrected chi connectivity index (χ4v) is 2.23. The molecule has 0 bridgehead atoms. The van der Waals surface area contributed by atoms with E-state index in [1.807, 2.05) is 13.0 Å². The monoisotopic (exact) mass is 260 g/mol. The molecule has 0 N–H and O–H groups in total. The van der Waals surface area contributed by atoms with Crippen molar-refractivity contribution in [2.45, 2.75) is 64.6 Å². The summed E-state index contributed by atoms with van der Waals surface area (Å²) in [6.45, 7) is 10.2. The van der Waals surface area contributed by atoms with Gasteiger partial charge < -0.3 is 9.31 Å². The average Bonchev–Trinajstić information content (AvgIpc) is 3.06. The highest BCUT2D eigenvalue weighted by Crippen LogP contribution is 2.38. The maximum atomic E-state index is 6.05. The topological polar surface area (TPSA) is 44.2 Å². The Morgan fingerprint density at radius 3 is 2.21 bits per heavy atom. The van der Waals surface area contributed by atoms with E-state index in [0.29, 0.717) is 5.92 Å². The fourth-order valence-electron chi connectivity index (χ4n) is 2.23. The van der Waals surface area contributed by atoms with Crippen LogP contribution in [0.15, 0.2) is 6.07 Å². The maximum absolute atomic E-state index is 6.05. The Labute approximate surface area is 115 Å². The minimum atomic E-state index is -0.385. The predicted octanol–water partition coefficient (Wildman–Crippen LogP) is 1.96. The molecule has 5 heteroatoms. The van der Waals surface area contributed by atoms with E-state index in [4.69, 9.17) is 9.31 Å². The third-order valence-corrected chi connectivity index (χ3v) is 4.33. The van der Waals surface area contributed by atoms with Crippen molar-refractivity contribution in [3.05, 3.63) is 17.6 Å². The first-order valence-corrected chi connectivity index (χ1v) is 7.00. The first-order valence-electron chi connectivity index (χ1n) is 7.00. The molecule has 1 saturated carbocycles. The summed E-state index contributed by atoms with van der Waals surface area (Å²) >= 11 is 0. The van der Waals surface area contributed by atoms with Crippen molar-refractivity contribution in [2.75, 3.05) is 0 Å². The summed E-state index contributed by atoms with van der Waals surface area (Å²) in [4.78, 5) is 9.17. The number of nitrogens with zero attached hydrogens (tertiary/aromatic N) is 2. The number of hydrogen-bond donors (Lipinski definition) is 0. The van der Waals surface area contributed by atoms with E-state index in [-0.39, 0.29) is 18.3 Å². The van der Waals surface area contributed by atoms with Crippen LogP contribution in [0.2, 0.25) is 0 Å². The third-order valence-electron chi connectivity index (χ3n) is 4.33. The van der Waals surface area contributed by atoms with Gasteiger partial charge in [0.05, 0.1) is 16.8 Å². The van der Waals surface area contributed by atoms with Crippen molar-refractivity contribution in [3.63, 3.8) is 0 Å². The van der Waals surface area contributed by atoms with Crippen molar-refractivity contribution in [2.24, 2.45) is 0 Å². The highest BCUT2D eigenvalue weighted by Gasteiger charge is 2.52. The SMILES string of the molecule is Cc1cc(B2OC(C)(C)C(C)(C)O2)nc(C2CC2)n1. The zero-order valence-electron chi connectivity index (χ0n) is 12.4. The van der Waals surface area contributed by atoms with Gasteiger partial charge in [0.25, 0.3) is 0 Å². The molecule has 102 valence electrons. The molecule has 2 fully saturated rings. The molecule has 4 nitrogen and oxygen atoms in total. The lowest BCUT2D eigenvalue weighted by atomic mass is 9.84. The van der Waals surface area contributed by atoms with Gasteiger partial charge in [-0.2, -0.15) is 0 Å². The van der Waals surface area contributed by atoms with Crippen LogP contribution in [0.5, 0.6) is 0 Å². The molecule has 1 saturated heterocycles. The van der Waals surface area contributed by atoms with Crippen LogP contribution in [-0.2, 0) is 9.31 Å². The largest absolute Gasteiger partial charge is 0.514 e. The molecule has 0 aromatic carbocycles. The Morgan fingerprint density at radius 2 is 1.68 bits per heavy atom. The van der Waals surface area contributed by atoms with E-state index in [1.165, 1.54) is 12.8 Å². The van der Waals surface area contributed by atoms with E-state index in [1.54, 1.807) is 0 Å². The molecular formula is C14H21BN2O2. The van der Waals surface area contributed by atoms with Crippen LogP contribution < -0.4 is 5.59 Å². The number of aromatic nitrogens is 2. The smallest absolute Gasteiger partial charge is 0.398 e. The Balaban J connectivity index is 1.91. The molecule has 0 spiro atoms. The summed E-state index contributed by atoms with van der Waals surface area (Å²) in [7, 11) is -0.385. The summed E-state index contributed by atoms with van der Waals surface area (Å²) in [5.41, 5.74) is 1.20. The first kappa shape index (κ1) is 13.1. The second kappa shape index (κ2) is 4.03. The molecule has 0 atom stereocenters. The van der Waals surface area contributed by atoms with Gasteiger partial charge in [0.1, 0.15) is 5.82 Å². The normalized spacial score (nSPS) is 24.8. The van der Waals surface area contributed by atoms with Gasteiger partial charge in [0, 0.05) is 11.6 Å². The van der Waals surface area contributed by atoms with Crippen LogP contribution in [-0.4, -0.2) is 28.3 Å². The van der Waals surface area contributed by atoms with Crippen LogP contribution in [0.3, 0.4) is 0 Å². The molecule has 1 aromatic heterocycles. The van der Waals surface area contributed by atoms with Crippen molar-refractivity contribution >= 4 is 12.7 Å². The van der Waals surface area contributed by atoms with Crippen molar-refractivity contribution in [3.8, 4) is 0 Å². The lowest BCUT2D eigenvalue weighted by Crippen LogP contribution is -2.41. The van der Waals surface area contributed by atoms with Crippen molar-refractivity contribution in [1.82, 2.24) is 9.97 Å².